The second-order valence-electron chi connectivity index (χ2n) is 5.93. The predicted octanol–water partition coefficient (Wildman–Crippen LogP) is 1.26. The highest BCUT2D eigenvalue weighted by Crippen LogP contribution is 2.33. The maximum absolute atomic E-state index is 12.4. The van der Waals surface area contributed by atoms with Gasteiger partial charge in [-0.25, -0.2) is 0 Å². The molecule has 0 aliphatic carbocycles. The van der Waals surface area contributed by atoms with Gasteiger partial charge in [0.05, 0.1) is 18.7 Å². The Morgan fingerprint density at radius 3 is 3.00 bits per heavy atom. The van der Waals surface area contributed by atoms with E-state index in [2.05, 4.69) is 5.32 Å². The first-order valence-electron chi connectivity index (χ1n) is 7.57. The van der Waals surface area contributed by atoms with Gasteiger partial charge < -0.3 is 20.1 Å². The Morgan fingerprint density at radius 2 is 2.14 bits per heavy atom. The van der Waals surface area contributed by atoms with Gasteiger partial charge in [0.25, 0.3) is 0 Å². The van der Waals surface area contributed by atoms with Gasteiger partial charge in [-0.1, -0.05) is 18.2 Å². The van der Waals surface area contributed by atoms with Crippen molar-refractivity contribution >= 4 is 5.91 Å². The van der Waals surface area contributed by atoms with Crippen molar-refractivity contribution in [2.45, 2.75) is 31.3 Å². The Hall–Kier alpha value is -1.59. The van der Waals surface area contributed by atoms with Gasteiger partial charge in [-0.2, -0.15) is 0 Å². The van der Waals surface area contributed by atoms with Crippen molar-refractivity contribution in [3.63, 3.8) is 0 Å². The highest BCUT2D eigenvalue weighted by Gasteiger charge is 2.43. The van der Waals surface area contributed by atoms with Gasteiger partial charge in [0.15, 0.2) is 0 Å². The van der Waals surface area contributed by atoms with E-state index < -0.39 is 0 Å². The minimum Gasteiger partial charge on any atom is -0.508 e. The molecule has 2 fully saturated rings. The summed E-state index contributed by atoms with van der Waals surface area (Å²) in [7, 11) is 0. The summed E-state index contributed by atoms with van der Waals surface area (Å²) in [4.78, 5) is 14.3. The van der Waals surface area contributed by atoms with Crippen LogP contribution in [0.15, 0.2) is 24.3 Å². The van der Waals surface area contributed by atoms with E-state index in [9.17, 15) is 9.90 Å². The molecule has 2 heterocycles. The fraction of sp³-hybridized carbons (Fsp3) is 0.562. The molecule has 0 aromatic heterocycles. The zero-order valence-corrected chi connectivity index (χ0v) is 12.2. The third-order valence-electron chi connectivity index (χ3n) is 4.55. The van der Waals surface area contributed by atoms with Crippen molar-refractivity contribution in [1.29, 1.82) is 0 Å². The molecule has 114 valence electrons. The largest absolute Gasteiger partial charge is 0.508 e. The third-order valence-corrected chi connectivity index (χ3v) is 4.55. The van der Waals surface area contributed by atoms with Crippen LogP contribution in [0.5, 0.6) is 5.75 Å². The lowest BCUT2D eigenvalue weighted by molar-refractivity contribution is -0.160. The number of morpholine rings is 1. The number of ether oxygens (including phenoxy) is 1. The van der Waals surface area contributed by atoms with Crippen molar-refractivity contribution in [2.24, 2.45) is 0 Å². The molecule has 0 saturated carbocycles. The van der Waals surface area contributed by atoms with Crippen LogP contribution in [0, 0.1) is 0 Å². The van der Waals surface area contributed by atoms with E-state index in [-0.39, 0.29) is 23.8 Å². The molecule has 2 aliphatic rings. The Balaban J connectivity index is 1.87. The lowest BCUT2D eigenvalue weighted by atomic mass is 9.87. The second-order valence-corrected chi connectivity index (χ2v) is 5.93. The molecule has 0 radical (unpaired) electrons. The number of carbonyl (C=O) groups excluding carboxylic acids is 1. The maximum Gasteiger partial charge on any atom is 0.249 e. The molecule has 5 heteroatoms. The molecule has 5 nitrogen and oxygen atoms in total. The molecule has 0 bridgehead atoms. The summed E-state index contributed by atoms with van der Waals surface area (Å²) in [5.41, 5.74) is 0.561. The molecule has 1 aromatic rings. The summed E-state index contributed by atoms with van der Waals surface area (Å²) in [6, 6.07) is 7.23. The number of carbonyl (C=O) groups is 1. The van der Waals surface area contributed by atoms with Crippen LogP contribution in [0.1, 0.15) is 24.8 Å². The maximum atomic E-state index is 12.4. The quantitative estimate of drug-likeness (QED) is 0.861. The molecule has 2 N–H and O–H groups in total. The molecule has 1 aromatic carbocycles. The lowest BCUT2D eigenvalue weighted by Gasteiger charge is -2.46. The molecule has 2 saturated heterocycles. The molecule has 3 rings (SSSR count). The first-order valence-corrected chi connectivity index (χ1v) is 7.57. The molecule has 1 unspecified atom stereocenters. The van der Waals surface area contributed by atoms with Crippen LogP contribution in [0.25, 0.3) is 0 Å². The third kappa shape index (κ3) is 2.89. The van der Waals surface area contributed by atoms with Crippen molar-refractivity contribution in [3.8, 4) is 5.75 Å². The van der Waals surface area contributed by atoms with E-state index in [1.807, 2.05) is 17.0 Å². The number of amides is 1. The van der Waals surface area contributed by atoms with E-state index in [1.165, 1.54) is 0 Å². The Morgan fingerprint density at radius 1 is 1.29 bits per heavy atom. The van der Waals surface area contributed by atoms with Crippen LogP contribution in [0.4, 0.5) is 0 Å². The lowest BCUT2D eigenvalue weighted by Crippen LogP contribution is -2.59. The first kappa shape index (κ1) is 14.4. The van der Waals surface area contributed by atoms with Crippen LogP contribution in [0.3, 0.4) is 0 Å². The number of benzene rings is 1. The van der Waals surface area contributed by atoms with Crippen molar-refractivity contribution in [3.05, 3.63) is 29.8 Å². The van der Waals surface area contributed by atoms with Crippen LogP contribution in [0.2, 0.25) is 0 Å². The molecule has 2 aliphatic heterocycles. The standard InChI is InChI=1S/C16H22N2O3/c19-14-5-2-1-4-13(14)10-18-15(20)11-21-12-16(18)6-3-8-17-9-7-16/h1-2,4-5,17,19H,3,6-12H2. The normalized spacial score (nSPS) is 26.9. The number of para-hydroxylation sites is 1. The zero-order valence-electron chi connectivity index (χ0n) is 12.2. The summed E-state index contributed by atoms with van der Waals surface area (Å²) in [6.07, 6.45) is 2.87. The van der Waals surface area contributed by atoms with E-state index >= 15 is 0 Å². The molecule has 1 atom stereocenters. The second kappa shape index (κ2) is 6.03. The molecule has 21 heavy (non-hydrogen) atoms. The average Bonchev–Trinajstić information content (AvgIpc) is 2.71. The van der Waals surface area contributed by atoms with E-state index in [0.717, 1.165) is 37.9 Å². The number of phenolic OH excluding ortho intramolecular Hbond substituents is 1. The monoisotopic (exact) mass is 290 g/mol. The van der Waals surface area contributed by atoms with E-state index in [1.54, 1.807) is 12.1 Å². The zero-order chi connectivity index (χ0) is 14.7. The highest BCUT2D eigenvalue weighted by atomic mass is 16.5. The van der Waals surface area contributed by atoms with E-state index in [4.69, 9.17) is 4.74 Å². The Kier molecular flexibility index (Phi) is 4.12. The van der Waals surface area contributed by atoms with Crippen LogP contribution in [-0.2, 0) is 16.1 Å². The van der Waals surface area contributed by atoms with Crippen LogP contribution in [-0.4, -0.2) is 47.8 Å². The topological polar surface area (TPSA) is 61.8 Å². The summed E-state index contributed by atoms with van der Waals surface area (Å²) in [6.45, 7) is 3.07. The first-order chi connectivity index (χ1) is 10.2. The summed E-state index contributed by atoms with van der Waals surface area (Å²) < 4.78 is 5.55. The van der Waals surface area contributed by atoms with Gasteiger partial charge in [-0.3, -0.25) is 4.79 Å². The number of phenols is 1. The van der Waals surface area contributed by atoms with Crippen molar-refractivity contribution < 1.29 is 14.6 Å². The number of nitrogens with one attached hydrogen (secondary N) is 1. The molecule has 1 amide bonds. The predicted molar refractivity (Wildman–Crippen MR) is 78.9 cm³/mol. The fourth-order valence-electron chi connectivity index (χ4n) is 3.35. The number of nitrogens with zero attached hydrogens (tertiary/aromatic N) is 1. The number of hydrogen-bond donors (Lipinski definition) is 2. The van der Waals surface area contributed by atoms with Gasteiger partial charge in [0.2, 0.25) is 5.91 Å². The molecular formula is C16H22N2O3. The van der Waals surface area contributed by atoms with Gasteiger partial charge in [-0.05, 0) is 38.4 Å². The summed E-state index contributed by atoms with van der Waals surface area (Å²) in [5, 5.41) is 13.4. The number of rotatable bonds is 2. The van der Waals surface area contributed by atoms with Crippen LogP contribution < -0.4 is 5.32 Å². The molecular weight excluding hydrogens is 268 g/mol. The van der Waals surface area contributed by atoms with Crippen molar-refractivity contribution in [1.82, 2.24) is 10.2 Å². The average molecular weight is 290 g/mol. The molecule has 1 spiro atoms. The minimum absolute atomic E-state index is 0.0198. The minimum atomic E-state index is -0.235. The number of aromatic hydroxyl groups is 1. The smallest absolute Gasteiger partial charge is 0.249 e. The summed E-state index contributed by atoms with van der Waals surface area (Å²) >= 11 is 0. The fourth-order valence-corrected chi connectivity index (χ4v) is 3.35. The van der Waals surface area contributed by atoms with Crippen molar-refractivity contribution in [2.75, 3.05) is 26.3 Å². The van der Waals surface area contributed by atoms with E-state index in [0.29, 0.717) is 13.2 Å². The number of hydrogen-bond acceptors (Lipinski definition) is 4. The summed E-state index contributed by atoms with van der Waals surface area (Å²) in [5.74, 6) is 0.269. The Labute approximate surface area is 124 Å². The van der Waals surface area contributed by atoms with Gasteiger partial charge in [0.1, 0.15) is 12.4 Å². The van der Waals surface area contributed by atoms with Gasteiger partial charge >= 0.3 is 0 Å². The van der Waals surface area contributed by atoms with Gasteiger partial charge in [-0.15, -0.1) is 0 Å². The SMILES string of the molecule is O=C1COCC2(CCCNCC2)N1Cc1ccccc1O. The highest BCUT2D eigenvalue weighted by molar-refractivity contribution is 5.79. The Bertz CT molecular complexity index is 510. The van der Waals surface area contributed by atoms with Gasteiger partial charge in [0, 0.05) is 5.56 Å². The van der Waals surface area contributed by atoms with Crippen LogP contribution >= 0.6 is 0 Å².